The average molecular weight is 350 g/mol. The van der Waals surface area contributed by atoms with E-state index in [1.807, 2.05) is 38.2 Å². The van der Waals surface area contributed by atoms with E-state index >= 15 is 0 Å². The smallest absolute Gasteiger partial charge is 0.231 e. The summed E-state index contributed by atoms with van der Waals surface area (Å²) in [6.45, 7) is 4.01. The Balaban J connectivity index is 0.00000208. The maximum absolute atomic E-state index is 12.3. The summed E-state index contributed by atoms with van der Waals surface area (Å²) >= 11 is 0. The van der Waals surface area contributed by atoms with E-state index in [2.05, 4.69) is 20.7 Å². The monoisotopic (exact) mass is 349 g/mol. The summed E-state index contributed by atoms with van der Waals surface area (Å²) in [4.78, 5) is 16.8. The summed E-state index contributed by atoms with van der Waals surface area (Å²) in [5.74, 6) is 1.67. The van der Waals surface area contributed by atoms with Crippen molar-refractivity contribution in [1.82, 2.24) is 20.1 Å². The number of carbonyl (C=O) groups is 1. The number of anilines is 1. The molecule has 0 spiro atoms. The first-order valence-electron chi connectivity index (χ1n) is 8.09. The van der Waals surface area contributed by atoms with E-state index in [1.165, 1.54) is 0 Å². The molecule has 0 saturated carbocycles. The number of nitrogens with zero attached hydrogens (tertiary/aromatic N) is 3. The lowest BCUT2D eigenvalue weighted by atomic mass is 9.98. The summed E-state index contributed by atoms with van der Waals surface area (Å²) in [6.07, 6.45) is 2.43. The van der Waals surface area contributed by atoms with Crippen molar-refractivity contribution in [2.24, 2.45) is 7.05 Å². The first-order chi connectivity index (χ1) is 11.1. The van der Waals surface area contributed by atoms with Crippen LogP contribution in [-0.2, 0) is 18.3 Å². The summed E-state index contributed by atoms with van der Waals surface area (Å²) in [6, 6.07) is 7.92. The largest absolute Gasteiger partial charge is 0.317 e. The van der Waals surface area contributed by atoms with E-state index in [1.54, 1.807) is 4.68 Å². The lowest BCUT2D eigenvalue weighted by Gasteiger charge is -2.19. The number of hydrogen-bond acceptors (Lipinski definition) is 4. The molecule has 0 unspecified atom stereocenters. The highest BCUT2D eigenvalue weighted by Crippen LogP contribution is 2.23. The second kappa shape index (κ2) is 8.26. The summed E-state index contributed by atoms with van der Waals surface area (Å²) in [7, 11) is 1.82. The van der Waals surface area contributed by atoms with Crippen molar-refractivity contribution in [3.05, 3.63) is 41.2 Å². The van der Waals surface area contributed by atoms with Crippen LogP contribution >= 0.6 is 12.4 Å². The Kier molecular flexibility index (Phi) is 6.34. The third kappa shape index (κ3) is 4.33. The fraction of sp³-hybridized carbons (Fsp3) is 0.471. The van der Waals surface area contributed by atoms with Gasteiger partial charge in [-0.15, -0.1) is 12.4 Å². The van der Waals surface area contributed by atoms with Gasteiger partial charge in [-0.05, 0) is 44.0 Å². The van der Waals surface area contributed by atoms with Crippen LogP contribution < -0.4 is 10.6 Å². The maximum atomic E-state index is 12.3. The first-order valence-corrected chi connectivity index (χ1v) is 8.09. The highest BCUT2D eigenvalue weighted by Gasteiger charge is 2.21. The minimum Gasteiger partial charge on any atom is -0.317 e. The van der Waals surface area contributed by atoms with Crippen LogP contribution in [-0.4, -0.2) is 33.8 Å². The van der Waals surface area contributed by atoms with Crippen LogP contribution in [0.4, 0.5) is 5.95 Å². The van der Waals surface area contributed by atoms with Crippen molar-refractivity contribution >= 4 is 24.3 Å². The van der Waals surface area contributed by atoms with Crippen molar-refractivity contribution in [3.8, 4) is 0 Å². The number of aryl methyl sites for hydroxylation is 2. The van der Waals surface area contributed by atoms with Crippen LogP contribution in [0.5, 0.6) is 0 Å². The topological polar surface area (TPSA) is 71.8 Å². The molecule has 1 aliphatic heterocycles. The zero-order valence-corrected chi connectivity index (χ0v) is 14.9. The van der Waals surface area contributed by atoms with Gasteiger partial charge >= 0.3 is 0 Å². The summed E-state index contributed by atoms with van der Waals surface area (Å²) < 4.78 is 1.66. The van der Waals surface area contributed by atoms with E-state index in [0.717, 1.165) is 42.9 Å². The molecular formula is C17H24ClN5O. The van der Waals surface area contributed by atoms with Crippen molar-refractivity contribution in [2.75, 3.05) is 18.4 Å². The van der Waals surface area contributed by atoms with E-state index < -0.39 is 0 Å². The zero-order chi connectivity index (χ0) is 16.2. The molecule has 3 rings (SSSR count). The van der Waals surface area contributed by atoms with E-state index in [-0.39, 0.29) is 18.3 Å². The molecule has 2 N–H and O–H groups in total. The van der Waals surface area contributed by atoms with Gasteiger partial charge in [0, 0.05) is 13.0 Å². The normalized spacial score (nSPS) is 14.9. The second-order valence-electron chi connectivity index (χ2n) is 6.09. The van der Waals surface area contributed by atoms with Crippen molar-refractivity contribution in [2.45, 2.75) is 32.1 Å². The molecule has 0 atom stereocenters. The van der Waals surface area contributed by atoms with Crippen LogP contribution in [0.2, 0.25) is 0 Å². The predicted molar refractivity (Wildman–Crippen MR) is 96.6 cm³/mol. The van der Waals surface area contributed by atoms with Gasteiger partial charge < -0.3 is 5.32 Å². The molecule has 6 nitrogen and oxygen atoms in total. The average Bonchev–Trinajstić information content (AvgIpc) is 2.91. The number of carbonyl (C=O) groups excluding carboxylic acids is 1. The lowest BCUT2D eigenvalue weighted by molar-refractivity contribution is -0.115. The van der Waals surface area contributed by atoms with Crippen molar-refractivity contribution < 1.29 is 4.79 Å². The van der Waals surface area contributed by atoms with Gasteiger partial charge in [-0.1, -0.05) is 24.3 Å². The minimum atomic E-state index is -0.0633. The third-order valence-electron chi connectivity index (χ3n) is 4.35. The number of aromatic nitrogens is 3. The number of piperidine rings is 1. The lowest BCUT2D eigenvalue weighted by Crippen LogP contribution is -2.27. The zero-order valence-electron chi connectivity index (χ0n) is 14.1. The molecule has 0 radical (unpaired) electrons. The van der Waals surface area contributed by atoms with Gasteiger partial charge in [-0.2, -0.15) is 10.1 Å². The Bertz CT molecular complexity index is 694. The van der Waals surface area contributed by atoms with Crippen LogP contribution in [0.15, 0.2) is 24.3 Å². The molecule has 1 aromatic heterocycles. The molecule has 1 aromatic carbocycles. The molecule has 0 aliphatic carbocycles. The van der Waals surface area contributed by atoms with E-state index in [0.29, 0.717) is 18.3 Å². The number of benzene rings is 1. The first kappa shape index (κ1) is 18.4. The SMILES string of the molecule is Cc1ccccc1CC(=O)Nc1nc(C2CCNCC2)nn1C.Cl. The Labute approximate surface area is 148 Å². The third-order valence-corrected chi connectivity index (χ3v) is 4.35. The maximum Gasteiger partial charge on any atom is 0.231 e. The number of nitrogens with one attached hydrogen (secondary N) is 2. The van der Waals surface area contributed by atoms with Gasteiger partial charge in [0.2, 0.25) is 11.9 Å². The van der Waals surface area contributed by atoms with Gasteiger partial charge in [0.1, 0.15) is 0 Å². The molecule has 1 fully saturated rings. The molecule has 1 aliphatic rings. The molecule has 0 bridgehead atoms. The van der Waals surface area contributed by atoms with Gasteiger partial charge in [-0.25, -0.2) is 4.68 Å². The second-order valence-corrected chi connectivity index (χ2v) is 6.09. The summed E-state index contributed by atoms with van der Waals surface area (Å²) in [5, 5.41) is 10.7. The van der Waals surface area contributed by atoms with Gasteiger partial charge in [-0.3, -0.25) is 10.1 Å². The van der Waals surface area contributed by atoms with Gasteiger partial charge in [0.15, 0.2) is 5.82 Å². The molecule has 130 valence electrons. The number of rotatable bonds is 4. The van der Waals surface area contributed by atoms with E-state index in [9.17, 15) is 4.79 Å². The van der Waals surface area contributed by atoms with Crippen molar-refractivity contribution in [1.29, 1.82) is 0 Å². The molecule has 2 heterocycles. The number of hydrogen-bond donors (Lipinski definition) is 2. The molecule has 2 aromatic rings. The Morgan fingerprint density at radius 1 is 1.33 bits per heavy atom. The Morgan fingerprint density at radius 3 is 2.75 bits per heavy atom. The fourth-order valence-electron chi connectivity index (χ4n) is 2.92. The number of amides is 1. The quantitative estimate of drug-likeness (QED) is 0.887. The molecule has 24 heavy (non-hydrogen) atoms. The van der Waals surface area contributed by atoms with Crippen LogP contribution in [0.3, 0.4) is 0 Å². The fourth-order valence-corrected chi connectivity index (χ4v) is 2.92. The number of halogens is 1. The Morgan fingerprint density at radius 2 is 2.04 bits per heavy atom. The van der Waals surface area contributed by atoms with Crippen LogP contribution in [0.25, 0.3) is 0 Å². The van der Waals surface area contributed by atoms with Crippen molar-refractivity contribution in [3.63, 3.8) is 0 Å². The Hall–Kier alpha value is -1.92. The van der Waals surface area contributed by atoms with Gasteiger partial charge in [0.05, 0.1) is 6.42 Å². The predicted octanol–water partition coefficient (Wildman–Crippen LogP) is 2.19. The molecular weight excluding hydrogens is 326 g/mol. The van der Waals surface area contributed by atoms with Crippen LogP contribution in [0.1, 0.15) is 35.7 Å². The molecule has 7 heteroatoms. The minimum absolute atomic E-state index is 0. The highest BCUT2D eigenvalue weighted by atomic mass is 35.5. The molecule has 1 saturated heterocycles. The van der Waals surface area contributed by atoms with Crippen LogP contribution in [0, 0.1) is 6.92 Å². The highest BCUT2D eigenvalue weighted by molar-refractivity contribution is 5.90. The van der Waals surface area contributed by atoms with Gasteiger partial charge in [0.25, 0.3) is 0 Å². The van der Waals surface area contributed by atoms with E-state index in [4.69, 9.17) is 0 Å². The summed E-state index contributed by atoms with van der Waals surface area (Å²) in [5.41, 5.74) is 2.15. The standard InChI is InChI=1S/C17H23N5O.ClH/c1-12-5-3-4-6-14(12)11-15(23)19-17-20-16(21-22(17)2)13-7-9-18-10-8-13;/h3-6,13,18H,7-11H2,1-2H3,(H,19,20,21,23);1H. The molecule has 1 amide bonds.